The molecule has 0 spiro atoms. The molecule has 1 saturated heterocycles. The zero-order valence-corrected chi connectivity index (χ0v) is 13.6. The van der Waals surface area contributed by atoms with Crippen LogP contribution < -0.4 is 0 Å². The number of amides is 1. The third-order valence-corrected chi connectivity index (χ3v) is 4.74. The number of nitrogens with zero attached hydrogens (tertiary/aromatic N) is 3. The summed E-state index contributed by atoms with van der Waals surface area (Å²) in [5.41, 5.74) is 1.23. The Morgan fingerprint density at radius 1 is 1.14 bits per heavy atom. The monoisotopic (exact) mass is 301 g/mol. The molecule has 0 N–H and O–H groups in total. The summed E-state index contributed by atoms with van der Waals surface area (Å²) in [5.74, 6) is 0.661. The molecule has 1 heterocycles. The Morgan fingerprint density at radius 3 is 2.45 bits per heavy atom. The Kier molecular flexibility index (Phi) is 5.11. The van der Waals surface area contributed by atoms with Gasteiger partial charge in [-0.05, 0) is 25.5 Å². The van der Waals surface area contributed by atoms with Crippen molar-refractivity contribution in [3.8, 4) is 0 Å². The number of hydrogen-bond donors (Lipinski definition) is 0. The van der Waals surface area contributed by atoms with E-state index in [9.17, 15) is 4.79 Å². The number of carbonyl (C=O) groups is 1. The fraction of sp³-hybridized carbons (Fsp3) is 0.611. The van der Waals surface area contributed by atoms with Crippen LogP contribution in [-0.4, -0.2) is 66.9 Å². The molecule has 2 fully saturated rings. The van der Waals surface area contributed by atoms with Gasteiger partial charge in [-0.3, -0.25) is 9.69 Å². The minimum atomic E-state index is 0.302. The predicted octanol–water partition coefficient (Wildman–Crippen LogP) is 1.67. The fourth-order valence-corrected chi connectivity index (χ4v) is 2.99. The van der Waals surface area contributed by atoms with Crippen molar-refractivity contribution in [2.75, 3.05) is 46.3 Å². The summed E-state index contributed by atoms with van der Waals surface area (Å²) in [6.45, 7) is 7.11. The first-order valence-electron chi connectivity index (χ1n) is 8.46. The van der Waals surface area contributed by atoms with Crippen LogP contribution in [0.15, 0.2) is 30.3 Å². The van der Waals surface area contributed by atoms with Gasteiger partial charge in [0, 0.05) is 51.7 Å². The van der Waals surface area contributed by atoms with Gasteiger partial charge in [-0.25, -0.2) is 0 Å². The lowest BCUT2D eigenvalue weighted by molar-refractivity contribution is -0.133. The van der Waals surface area contributed by atoms with Crippen LogP contribution in [0.5, 0.6) is 0 Å². The molecule has 1 aromatic carbocycles. The highest BCUT2D eigenvalue weighted by molar-refractivity contribution is 5.81. The lowest BCUT2D eigenvalue weighted by Crippen LogP contribution is -2.47. The summed E-state index contributed by atoms with van der Waals surface area (Å²) < 4.78 is 0. The maximum absolute atomic E-state index is 12.5. The second kappa shape index (κ2) is 7.25. The van der Waals surface area contributed by atoms with E-state index in [2.05, 4.69) is 46.0 Å². The number of likely N-dealkylation sites (N-methyl/N-ethyl adjacent to an activating group) is 1. The van der Waals surface area contributed by atoms with Gasteiger partial charge in [0.1, 0.15) is 0 Å². The van der Waals surface area contributed by atoms with Crippen LogP contribution in [0.2, 0.25) is 0 Å². The molecule has 4 nitrogen and oxygen atoms in total. The SMILES string of the molecule is CN1CCN(CCN(Cc2ccccc2)C(=O)C2CC2)CC1. The van der Waals surface area contributed by atoms with Crippen molar-refractivity contribution in [1.29, 1.82) is 0 Å². The van der Waals surface area contributed by atoms with Crippen LogP contribution >= 0.6 is 0 Å². The van der Waals surface area contributed by atoms with Gasteiger partial charge in [0.05, 0.1) is 0 Å². The highest BCUT2D eigenvalue weighted by atomic mass is 16.2. The van der Waals surface area contributed by atoms with Crippen molar-refractivity contribution in [1.82, 2.24) is 14.7 Å². The van der Waals surface area contributed by atoms with Gasteiger partial charge in [0.15, 0.2) is 0 Å². The van der Waals surface area contributed by atoms with Crippen LogP contribution in [-0.2, 0) is 11.3 Å². The molecule has 2 aliphatic rings. The minimum Gasteiger partial charge on any atom is -0.337 e. The zero-order chi connectivity index (χ0) is 15.4. The highest BCUT2D eigenvalue weighted by Crippen LogP contribution is 2.31. The molecule has 0 unspecified atom stereocenters. The quantitative estimate of drug-likeness (QED) is 0.800. The summed E-state index contributed by atoms with van der Waals surface area (Å²) in [7, 11) is 2.18. The van der Waals surface area contributed by atoms with Crippen molar-refractivity contribution < 1.29 is 4.79 Å². The largest absolute Gasteiger partial charge is 0.337 e. The second-order valence-corrected chi connectivity index (χ2v) is 6.66. The standard InChI is InChI=1S/C18H27N3O/c1-19-9-11-20(12-10-19)13-14-21(18(22)17-7-8-17)15-16-5-3-2-4-6-16/h2-6,17H,7-15H2,1H3. The predicted molar refractivity (Wildman–Crippen MR) is 88.5 cm³/mol. The van der Waals surface area contributed by atoms with Gasteiger partial charge in [-0.1, -0.05) is 30.3 Å². The lowest BCUT2D eigenvalue weighted by atomic mass is 10.2. The molecule has 0 atom stereocenters. The summed E-state index contributed by atoms with van der Waals surface area (Å²) >= 11 is 0. The second-order valence-electron chi connectivity index (χ2n) is 6.66. The number of rotatable bonds is 6. The van der Waals surface area contributed by atoms with Crippen molar-refractivity contribution >= 4 is 5.91 Å². The summed E-state index contributed by atoms with van der Waals surface area (Å²) in [6, 6.07) is 10.4. The molecule has 4 heteroatoms. The first-order valence-corrected chi connectivity index (χ1v) is 8.46. The van der Waals surface area contributed by atoms with Crippen LogP contribution in [0.1, 0.15) is 18.4 Å². The smallest absolute Gasteiger partial charge is 0.226 e. The number of piperazine rings is 1. The molecule has 0 radical (unpaired) electrons. The van der Waals surface area contributed by atoms with Crippen molar-refractivity contribution in [2.45, 2.75) is 19.4 Å². The van der Waals surface area contributed by atoms with Crippen LogP contribution in [0.25, 0.3) is 0 Å². The van der Waals surface area contributed by atoms with E-state index in [1.54, 1.807) is 0 Å². The van der Waals surface area contributed by atoms with Gasteiger partial charge in [-0.15, -0.1) is 0 Å². The molecule has 22 heavy (non-hydrogen) atoms. The summed E-state index contributed by atoms with van der Waals surface area (Å²) in [4.78, 5) is 19.5. The van der Waals surface area contributed by atoms with Gasteiger partial charge in [0.2, 0.25) is 5.91 Å². The molecule has 1 saturated carbocycles. The maximum Gasteiger partial charge on any atom is 0.226 e. The van der Waals surface area contributed by atoms with Crippen molar-refractivity contribution in [3.63, 3.8) is 0 Å². The van der Waals surface area contributed by atoms with Gasteiger partial charge >= 0.3 is 0 Å². The maximum atomic E-state index is 12.5. The van der Waals surface area contributed by atoms with Gasteiger partial charge in [0.25, 0.3) is 0 Å². The Hall–Kier alpha value is -1.39. The molecular formula is C18H27N3O. The van der Waals surface area contributed by atoms with E-state index in [0.717, 1.165) is 58.7 Å². The van der Waals surface area contributed by atoms with E-state index >= 15 is 0 Å². The van der Waals surface area contributed by atoms with Crippen LogP contribution in [0, 0.1) is 5.92 Å². The van der Waals surface area contributed by atoms with E-state index < -0.39 is 0 Å². The summed E-state index contributed by atoms with van der Waals surface area (Å²) in [6.07, 6.45) is 2.16. The van der Waals surface area contributed by atoms with Gasteiger partial charge < -0.3 is 9.80 Å². The third kappa shape index (κ3) is 4.31. The lowest BCUT2D eigenvalue weighted by Gasteiger charge is -2.34. The first-order chi connectivity index (χ1) is 10.7. The average Bonchev–Trinajstić information content (AvgIpc) is 3.38. The summed E-state index contributed by atoms with van der Waals surface area (Å²) in [5, 5.41) is 0. The minimum absolute atomic E-state index is 0.302. The Labute approximate surface area is 133 Å². The van der Waals surface area contributed by atoms with Crippen LogP contribution in [0.3, 0.4) is 0 Å². The third-order valence-electron chi connectivity index (χ3n) is 4.74. The van der Waals surface area contributed by atoms with E-state index in [0.29, 0.717) is 11.8 Å². The molecule has 1 aliphatic carbocycles. The average molecular weight is 301 g/mol. The first kappa shape index (κ1) is 15.5. The molecule has 0 aromatic heterocycles. The van der Waals surface area contributed by atoms with E-state index in [4.69, 9.17) is 0 Å². The number of hydrogen-bond acceptors (Lipinski definition) is 3. The molecular weight excluding hydrogens is 274 g/mol. The van der Waals surface area contributed by atoms with Crippen LogP contribution in [0.4, 0.5) is 0 Å². The van der Waals surface area contributed by atoms with E-state index in [-0.39, 0.29) is 0 Å². The molecule has 1 amide bonds. The Morgan fingerprint density at radius 2 is 1.82 bits per heavy atom. The molecule has 0 bridgehead atoms. The molecule has 120 valence electrons. The highest BCUT2D eigenvalue weighted by Gasteiger charge is 2.33. The van der Waals surface area contributed by atoms with Crippen molar-refractivity contribution in [2.24, 2.45) is 5.92 Å². The fourth-order valence-electron chi connectivity index (χ4n) is 2.99. The van der Waals surface area contributed by atoms with E-state index in [1.165, 1.54) is 5.56 Å². The zero-order valence-electron chi connectivity index (χ0n) is 13.6. The Bertz CT molecular complexity index is 478. The van der Waals surface area contributed by atoms with Gasteiger partial charge in [-0.2, -0.15) is 0 Å². The topological polar surface area (TPSA) is 26.8 Å². The number of benzene rings is 1. The normalized spacial score (nSPS) is 20.0. The van der Waals surface area contributed by atoms with Crippen molar-refractivity contribution in [3.05, 3.63) is 35.9 Å². The molecule has 3 rings (SSSR count). The Balaban J connectivity index is 1.55. The molecule has 1 aliphatic heterocycles. The number of carbonyl (C=O) groups excluding carboxylic acids is 1. The van der Waals surface area contributed by atoms with E-state index in [1.807, 2.05) is 6.07 Å². The molecule has 1 aromatic rings.